The van der Waals surface area contributed by atoms with Crippen molar-refractivity contribution in [2.45, 2.75) is 25.2 Å². The van der Waals surface area contributed by atoms with Gasteiger partial charge in [-0.25, -0.2) is 4.79 Å². The first-order valence-corrected chi connectivity index (χ1v) is 9.77. The number of rotatable bonds is 2. The number of fused-ring (bicyclic) bond motifs is 3. The first kappa shape index (κ1) is 17.7. The lowest BCUT2D eigenvalue weighted by Crippen LogP contribution is -2.33. The molecule has 2 aliphatic carbocycles. The monoisotopic (exact) mass is 385 g/mol. The van der Waals surface area contributed by atoms with Crippen LogP contribution in [0.1, 0.15) is 57.0 Å². The number of carbonyl (C=O) groups is 3. The molecule has 0 spiro atoms. The number of carbonyl (C=O) groups excluding carboxylic acids is 3. The quantitative estimate of drug-likeness (QED) is 0.736. The molecule has 2 aromatic carbocycles. The van der Waals surface area contributed by atoms with E-state index in [1.165, 1.54) is 7.11 Å². The van der Waals surface area contributed by atoms with E-state index in [1.807, 2.05) is 36.4 Å². The second-order valence-electron chi connectivity index (χ2n) is 7.61. The summed E-state index contributed by atoms with van der Waals surface area (Å²) in [6, 6.07) is 14.5. The predicted molar refractivity (Wildman–Crippen MR) is 107 cm³/mol. The van der Waals surface area contributed by atoms with Crippen LogP contribution in [0.15, 0.2) is 64.8 Å². The van der Waals surface area contributed by atoms with Crippen LogP contribution in [0.3, 0.4) is 0 Å². The largest absolute Gasteiger partial charge is 0.465 e. The number of hydrogen-bond donors (Lipinski definition) is 0. The van der Waals surface area contributed by atoms with Gasteiger partial charge < -0.3 is 4.74 Å². The van der Waals surface area contributed by atoms with Crippen LogP contribution >= 0.6 is 0 Å². The second-order valence-corrected chi connectivity index (χ2v) is 7.61. The number of Topliss-reactive ketones (excluding diaryl/α,β-unsaturated/α-hetero) is 2. The molecule has 0 fully saturated rings. The predicted octanol–water partition coefficient (Wildman–Crippen LogP) is 3.88. The van der Waals surface area contributed by atoms with Gasteiger partial charge in [-0.05, 0) is 30.5 Å². The Morgan fingerprint density at radius 2 is 1.69 bits per heavy atom. The summed E-state index contributed by atoms with van der Waals surface area (Å²) >= 11 is 0. The Morgan fingerprint density at radius 1 is 0.966 bits per heavy atom. The van der Waals surface area contributed by atoms with Crippen molar-refractivity contribution in [2.24, 2.45) is 10.9 Å². The zero-order chi connectivity index (χ0) is 20.1. The number of allylic oxidation sites excluding steroid dienone is 2. The first-order chi connectivity index (χ1) is 14.1. The molecule has 2 aromatic rings. The molecule has 2 atom stereocenters. The van der Waals surface area contributed by atoms with Crippen molar-refractivity contribution in [3.05, 3.63) is 82.1 Å². The highest BCUT2D eigenvalue weighted by Crippen LogP contribution is 2.48. The normalized spacial score (nSPS) is 22.6. The Balaban J connectivity index is 1.68. The third kappa shape index (κ3) is 2.61. The van der Waals surface area contributed by atoms with Crippen molar-refractivity contribution in [3.8, 4) is 0 Å². The van der Waals surface area contributed by atoms with E-state index in [0.29, 0.717) is 23.1 Å². The van der Waals surface area contributed by atoms with Crippen molar-refractivity contribution in [2.75, 3.05) is 7.11 Å². The fraction of sp³-hybridized carbons (Fsp3) is 0.250. The number of nitrogens with zero attached hydrogens (tertiary/aromatic N) is 1. The zero-order valence-corrected chi connectivity index (χ0v) is 16.0. The third-order valence-electron chi connectivity index (χ3n) is 6.06. The molecule has 0 saturated heterocycles. The lowest BCUT2D eigenvalue weighted by atomic mass is 9.71. The van der Waals surface area contributed by atoms with Gasteiger partial charge in [0.1, 0.15) is 0 Å². The fourth-order valence-corrected chi connectivity index (χ4v) is 4.75. The molecule has 5 rings (SSSR count). The molecule has 0 bridgehead atoms. The maximum atomic E-state index is 13.3. The van der Waals surface area contributed by atoms with Crippen LogP contribution in [0.4, 0.5) is 0 Å². The van der Waals surface area contributed by atoms with Gasteiger partial charge in [-0.2, -0.15) is 0 Å². The Labute approximate surface area is 168 Å². The molecule has 5 heteroatoms. The molecule has 0 unspecified atom stereocenters. The van der Waals surface area contributed by atoms with Gasteiger partial charge >= 0.3 is 5.97 Å². The molecule has 0 N–H and O–H groups in total. The Kier molecular flexibility index (Phi) is 4.05. The van der Waals surface area contributed by atoms with E-state index in [0.717, 1.165) is 35.4 Å². The maximum Gasteiger partial charge on any atom is 0.337 e. The van der Waals surface area contributed by atoms with E-state index in [2.05, 4.69) is 0 Å². The summed E-state index contributed by atoms with van der Waals surface area (Å²) < 4.78 is 4.78. The average Bonchev–Trinajstić information content (AvgIpc) is 3.04. The molecule has 0 saturated carbocycles. The Hall–Kier alpha value is -3.34. The fourth-order valence-electron chi connectivity index (χ4n) is 4.75. The summed E-state index contributed by atoms with van der Waals surface area (Å²) in [5.74, 6) is -1.22. The minimum atomic E-state index is -0.503. The lowest BCUT2D eigenvalue weighted by molar-refractivity contribution is -0.116. The molecule has 1 heterocycles. The highest BCUT2D eigenvalue weighted by Gasteiger charge is 2.48. The number of ether oxygens (including phenoxy) is 1. The molecule has 1 aliphatic heterocycles. The minimum absolute atomic E-state index is 0.00585. The molecule has 5 nitrogen and oxygen atoms in total. The van der Waals surface area contributed by atoms with Gasteiger partial charge in [0.2, 0.25) is 0 Å². The van der Waals surface area contributed by atoms with Gasteiger partial charge in [-0.3, -0.25) is 14.6 Å². The number of esters is 1. The van der Waals surface area contributed by atoms with Crippen LogP contribution in [0, 0.1) is 5.92 Å². The van der Waals surface area contributed by atoms with Crippen LogP contribution in [-0.4, -0.2) is 30.4 Å². The van der Waals surface area contributed by atoms with Crippen LogP contribution in [-0.2, 0) is 9.53 Å². The molecule has 144 valence electrons. The van der Waals surface area contributed by atoms with Gasteiger partial charge in [-0.15, -0.1) is 0 Å². The highest BCUT2D eigenvalue weighted by atomic mass is 16.5. The van der Waals surface area contributed by atoms with E-state index in [9.17, 15) is 14.4 Å². The summed E-state index contributed by atoms with van der Waals surface area (Å²) in [5.41, 5.74) is 5.05. The van der Waals surface area contributed by atoms with Crippen LogP contribution < -0.4 is 0 Å². The molecular formula is C24H19NO4. The Morgan fingerprint density at radius 3 is 2.41 bits per heavy atom. The summed E-state index contributed by atoms with van der Waals surface area (Å²) in [6.45, 7) is 0. The van der Waals surface area contributed by atoms with E-state index < -0.39 is 11.9 Å². The van der Waals surface area contributed by atoms with Crippen LogP contribution in [0.25, 0.3) is 0 Å². The van der Waals surface area contributed by atoms with Crippen molar-refractivity contribution < 1.29 is 19.1 Å². The maximum absolute atomic E-state index is 13.3. The Bertz CT molecular complexity index is 1120. The summed E-state index contributed by atoms with van der Waals surface area (Å²) in [4.78, 5) is 42.8. The van der Waals surface area contributed by atoms with Crippen LogP contribution in [0.2, 0.25) is 0 Å². The minimum Gasteiger partial charge on any atom is -0.465 e. The first-order valence-electron chi connectivity index (χ1n) is 9.77. The average molecular weight is 385 g/mol. The SMILES string of the molecule is COC(=O)c1ccc([C@@H]2C3=C(CCCC3=O)N=C3c4ccccc4C(=O)[C@@H]32)cc1. The number of methoxy groups -OCH3 is 1. The standard InChI is InChI=1S/C24H19NO4/c1-29-24(28)14-11-9-13(10-12-14)19-20-17(7-4-8-18(20)26)25-22-15-5-2-3-6-16(15)23(27)21(19)22/h2-3,5-6,9-12,19,21H,4,7-8H2,1H3/t19-,21-/m1/s1. The van der Waals surface area contributed by atoms with Gasteiger partial charge in [0.15, 0.2) is 11.6 Å². The molecule has 0 aromatic heterocycles. The lowest BCUT2D eigenvalue weighted by Gasteiger charge is -2.33. The summed E-state index contributed by atoms with van der Waals surface area (Å²) in [6.07, 6.45) is 2.00. The number of ketones is 2. The molecule has 3 aliphatic rings. The van der Waals surface area contributed by atoms with Crippen molar-refractivity contribution >= 4 is 23.2 Å². The van der Waals surface area contributed by atoms with Crippen molar-refractivity contribution in [3.63, 3.8) is 0 Å². The van der Waals surface area contributed by atoms with E-state index in [-0.39, 0.29) is 17.5 Å². The number of benzene rings is 2. The van der Waals surface area contributed by atoms with Gasteiger partial charge in [0.25, 0.3) is 0 Å². The van der Waals surface area contributed by atoms with Gasteiger partial charge in [0.05, 0.1) is 24.3 Å². The zero-order valence-electron chi connectivity index (χ0n) is 16.0. The number of hydrogen-bond acceptors (Lipinski definition) is 5. The van der Waals surface area contributed by atoms with Gasteiger partial charge in [-0.1, -0.05) is 36.4 Å². The van der Waals surface area contributed by atoms with E-state index >= 15 is 0 Å². The molecular weight excluding hydrogens is 366 g/mol. The molecule has 0 radical (unpaired) electrons. The van der Waals surface area contributed by atoms with Gasteiger partial charge in [0, 0.05) is 34.7 Å². The molecule has 29 heavy (non-hydrogen) atoms. The third-order valence-corrected chi connectivity index (χ3v) is 6.06. The smallest absolute Gasteiger partial charge is 0.337 e. The van der Waals surface area contributed by atoms with Crippen molar-refractivity contribution in [1.29, 1.82) is 0 Å². The summed E-state index contributed by atoms with van der Waals surface area (Å²) in [5, 5.41) is 0. The van der Waals surface area contributed by atoms with E-state index in [1.54, 1.807) is 12.1 Å². The van der Waals surface area contributed by atoms with E-state index in [4.69, 9.17) is 9.73 Å². The highest BCUT2D eigenvalue weighted by molar-refractivity contribution is 6.30. The molecule has 0 amide bonds. The van der Waals surface area contributed by atoms with Crippen LogP contribution in [0.5, 0.6) is 0 Å². The summed E-state index contributed by atoms with van der Waals surface area (Å²) in [7, 11) is 1.34. The van der Waals surface area contributed by atoms with Crippen molar-refractivity contribution in [1.82, 2.24) is 0 Å². The topological polar surface area (TPSA) is 72.8 Å². The number of aliphatic imine (C=N–C) groups is 1. The second kappa shape index (κ2) is 6.62.